The van der Waals surface area contributed by atoms with Crippen molar-refractivity contribution in [2.45, 2.75) is 0 Å². The van der Waals surface area contributed by atoms with Gasteiger partial charge in [0.1, 0.15) is 0 Å². The van der Waals surface area contributed by atoms with E-state index in [0.29, 0.717) is 18.9 Å². The molecule has 0 spiro atoms. The van der Waals surface area contributed by atoms with Crippen molar-refractivity contribution in [2.75, 3.05) is 30.3 Å². The molecule has 0 radical (unpaired) electrons. The van der Waals surface area contributed by atoms with Crippen molar-refractivity contribution in [3.8, 4) is 0 Å². The molecule has 1 fully saturated rings. The van der Waals surface area contributed by atoms with Crippen LogP contribution >= 0.6 is 0 Å². The summed E-state index contributed by atoms with van der Waals surface area (Å²) in [6.45, 7) is 1.32. The van der Waals surface area contributed by atoms with Crippen LogP contribution in [0.1, 0.15) is 10.4 Å². The summed E-state index contributed by atoms with van der Waals surface area (Å²) in [6, 6.07) is 1.34. The Hall–Kier alpha value is -2.31. The van der Waals surface area contributed by atoms with Crippen LogP contribution in [0.3, 0.4) is 0 Å². The molecule has 2 rings (SSSR count). The van der Waals surface area contributed by atoms with E-state index >= 15 is 0 Å². The van der Waals surface area contributed by atoms with Crippen LogP contribution in [0.4, 0.5) is 11.5 Å². The highest BCUT2D eigenvalue weighted by atomic mass is 16.4. The van der Waals surface area contributed by atoms with Crippen LogP contribution in [0.5, 0.6) is 0 Å². The van der Waals surface area contributed by atoms with Crippen LogP contribution in [0.25, 0.3) is 0 Å². The van der Waals surface area contributed by atoms with Gasteiger partial charge in [-0.25, -0.2) is 9.78 Å². The summed E-state index contributed by atoms with van der Waals surface area (Å²) in [5.74, 6) is -0.725. The molecular weight excluding hydrogens is 224 g/mol. The molecule has 0 unspecified atom stereocenters. The second-order valence-electron chi connectivity index (χ2n) is 3.71. The minimum absolute atomic E-state index is 0.0349. The van der Waals surface area contributed by atoms with Gasteiger partial charge in [-0.05, 0) is 6.07 Å². The molecule has 7 heteroatoms. The van der Waals surface area contributed by atoms with Crippen molar-refractivity contribution in [1.82, 2.24) is 10.3 Å². The Morgan fingerprint density at radius 3 is 2.94 bits per heavy atom. The average molecular weight is 236 g/mol. The van der Waals surface area contributed by atoms with Crippen LogP contribution in [0.2, 0.25) is 0 Å². The third-order valence-electron chi connectivity index (χ3n) is 2.48. The number of pyridine rings is 1. The number of carboxylic acids is 1. The predicted octanol–water partition coefficient (Wildman–Crippen LogP) is -0.702. The first-order chi connectivity index (χ1) is 8.08. The number of carboxylic acid groups (broad SMARTS) is 1. The molecule has 1 aromatic rings. The first kappa shape index (κ1) is 11.2. The zero-order valence-electron chi connectivity index (χ0n) is 9.01. The number of hydrogen-bond donors (Lipinski definition) is 3. The summed E-state index contributed by atoms with van der Waals surface area (Å²) in [4.78, 5) is 27.7. The Labute approximate surface area is 97.2 Å². The van der Waals surface area contributed by atoms with E-state index < -0.39 is 5.97 Å². The fourth-order valence-corrected chi connectivity index (χ4v) is 1.68. The van der Waals surface area contributed by atoms with Gasteiger partial charge in [-0.15, -0.1) is 0 Å². The summed E-state index contributed by atoms with van der Waals surface area (Å²) >= 11 is 0. The number of nitrogens with one attached hydrogen (secondary N) is 1. The van der Waals surface area contributed by atoms with Gasteiger partial charge in [-0.3, -0.25) is 4.79 Å². The zero-order chi connectivity index (χ0) is 12.4. The highest BCUT2D eigenvalue weighted by Gasteiger charge is 2.20. The molecule has 1 amide bonds. The smallest absolute Gasteiger partial charge is 0.337 e. The SMILES string of the molecule is Nc1cc(C(=O)O)cnc1N1CCNC(=O)C1. The van der Waals surface area contributed by atoms with E-state index in [1.165, 1.54) is 12.3 Å². The van der Waals surface area contributed by atoms with Gasteiger partial charge in [0.15, 0.2) is 5.82 Å². The molecule has 90 valence electrons. The molecule has 0 aliphatic carbocycles. The third-order valence-corrected chi connectivity index (χ3v) is 2.48. The first-order valence-electron chi connectivity index (χ1n) is 5.08. The highest BCUT2D eigenvalue weighted by Crippen LogP contribution is 2.21. The minimum atomic E-state index is -1.08. The lowest BCUT2D eigenvalue weighted by Crippen LogP contribution is -2.48. The van der Waals surface area contributed by atoms with E-state index in [1.54, 1.807) is 4.90 Å². The molecule has 0 saturated carbocycles. The summed E-state index contributed by atoms with van der Waals surface area (Å²) in [5, 5.41) is 11.5. The van der Waals surface area contributed by atoms with Crippen LogP contribution in [-0.2, 0) is 4.79 Å². The summed E-state index contributed by atoms with van der Waals surface area (Å²) < 4.78 is 0. The lowest BCUT2D eigenvalue weighted by molar-refractivity contribution is -0.120. The van der Waals surface area contributed by atoms with Crippen LogP contribution < -0.4 is 16.0 Å². The van der Waals surface area contributed by atoms with Crippen LogP contribution in [0.15, 0.2) is 12.3 Å². The number of aromatic nitrogens is 1. The largest absolute Gasteiger partial charge is 0.478 e. The second-order valence-corrected chi connectivity index (χ2v) is 3.71. The average Bonchev–Trinajstić information content (AvgIpc) is 2.28. The Kier molecular flexibility index (Phi) is 2.82. The van der Waals surface area contributed by atoms with Crippen molar-refractivity contribution in [3.63, 3.8) is 0 Å². The van der Waals surface area contributed by atoms with Gasteiger partial charge in [0.25, 0.3) is 0 Å². The molecule has 1 aliphatic rings. The molecule has 1 aromatic heterocycles. The predicted molar refractivity (Wildman–Crippen MR) is 60.8 cm³/mol. The Bertz CT molecular complexity index is 475. The Balaban J connectivity index is 2.26. The van der Waals surface area contributed by atoms with Crippen molar-refractivity contribution < 1.29 is 14.7 Å². The molecule has 1 aliphatic heterocycles. The topological polar surface area (TPSA) is 109 Å². The molecule has 4 N–H and O–H groups in total. The number of rotatable bonds is 2. The number of aromatic carboxylic acids is 1. The van der Waals surface area contributed by atoms with Gasteiger partial charge in [0.05, 0.1) is 17.8 Å². The number of piperazine rings is 1. The number of carbonyl (C=O) groups excluding carboxylic acids is 1. The van der Waals surface area contributed by atoms with Gasteiger partial charge < -0.3 is 21.1 Å². The molecule has 7 nitrogen and oxygen atoms in total. The number of hydrogen-bond acceptors (Lipinski definition) is 5. The quantitative estimate of drug-likeness (QED) is 0.626. The number of nitrogen functional groups attached to an aromatic ring is 1. The van der Waals surface area contributed by atoms with E-state index in [0.717, 1.165) is 0 Å². The van der Waals surface area contributed by atoms with E-state index in [-0.39, 0.29) is 23.7 Å². The highest BCUT2D eigenvalue weighted by molar-refractivity contribution is 5.90. The molecule has 0 atom stereocenters. The summed E-state index contributed by atoms with van der Waals surface area (Å²) in [6.07, 6.45) is 1.24. The number of nitrogens with two attached hydrogens (primary N) is 1. The van der Waals surface area contributed by atoms with Gasteiger partial charge in [-0.2, -0.15) is 0 Å². The lowest BCUT2D eigenvalue weighted by atomic mass is 10.2. The van der Waals surface area contributed by atoms with E-state index in [9.17, 15) is 9.59 Å². The number of amides is 1. The standard InChI is InChI=1S/C10H12N4O3/c11-7-3-6(10(16)17)4-13-9(7)14-2-1-12-8(15)5-14/h3-4H,1-2,5,11H2,(H,12,15)(H,16,17). The van der Waals surface area contributed by atoms with Crippen molar-refractivity contribution in [1.29, 1.82) is 0 Å². The normalized spacial score (nSPS) is 15.5. The fourth-order valence-electron chi connectivity index (χ4n) is 1.68. The summed E-state index contributed by atoms with van der Waals surface area (Å²) in [7, 11) is 0. The second kappa shape index (κ2) is 4.28. The van der Waals surface area contributed by atoms with Crippen molar-refractivity contribution in [3.05, 3.63) is 17.8 Å². The van der Waals surface area contributed by atoms with Gasteiger partial charge >= 0.3 is 5.97 Å². The molecule has 2 heterocycles. The number of carbonyl (C=O) groups is 2. The number of anilines is 2. The maximum atomic E-state index is 11.2. The monoisotopic (exact) mass is 236 g/mol. The lowest BCUT2D eigenvalue weighted by Gasteiger charge is -2.28. The first-order valence-corrected chi connectivity index (χ1v) is 5.08. The Morgan fingerprint density at radius 2 is 2.35 bits per heavy atom. The molecule has 0 aromatic carbocycles. The van der Waals surface area contributed by atoms with Crippen LogP contribution in [-0.4, -0.2) is 41.6 Å². The molecular formula is C10H12N4O3. The molecule has 1 saturated heterocycles. The zero-order valence-corrected chi connectivity index (χ0v) is 9.01. The van der Waals surface area contributed by atoms with Crippen LogP contribution in [0, 0.1) is 0 Å². The van der Waals surface area contributed by atoms with E-state index in [4.69, 9.17) is 10.8 Å². The third kappa shape index (κ3) is 2.27. The Morgan fingerprint density at radius 1 is 1.59 bits per heavy atom. The number of nitrogens with zero attached hydrogens (tertiary/aromatic N) is 2. The fraction of sp³-hybridized carbons (Fsp3) is 0.300. The van der Waals surface area contributed by atoms with E-state index in [2.05, 4.69) is 10.3 Å². The van der Waals surface area contributed by atoms with E-state index in [1.807, 2.05) is 0 Å². The van der Waals surface area contributed by atoms with Crippen molar-refractivity contribution >= 4 is 23.4 Å². The maximum absolute atomic E-state index is 11.2. The van der Waals surface area contributed by atoms with Crippen molar-refractivity contribution in [2.24, 2.45) is 0 Å². The van der Waals surface area contributed by atoms with Gasteiger partial charge in [0.2, 0.25) is 5.91 Å². The maximum Gasteiger partial charge on any atom is 0.337 e. The molecule has 17 heavy (non-hydrogen) atoms. The summed E-state index contributed by atoms with van der Waals surface area (Å²) in [5.41, 5.74) is 6.03. The van der Waals surface area contributed by atoms with Gasteiger partial charge in [0, 0.05) is 19.3 Å². The molecule has 0 bridgehead atoms. The van der Waals surface area contributed by atoms with Gasteiger partial charge in [-0.1, -0.05) is 0 Å². The minimum Gasteiger partial charge on any atom is -0.478 e.